The first kappa shape index (κ1) is 27.3. The third-order valence-corrected chi connectivity index (χ3v) is 9.11. The Morgan fingerprint density at radius 3 is 2.43 bits per heavy atom. The first-order valence-electron chi connectivity index (χ1n) is 11.4. The Balaban J connectivity index is 1.56. The van der Waals surface area contributed by atoms with Crippen LogP contribution in [0.15, 0.2) is 59.5 Å². The Kier molecular flexibility index (Phi) is 9.85. The lowest BCUT2D eigenvalue weighted by molar-refractivity contribution is 0.0952. The molecule has 192 valence electrons. The van der Waals surface area contributed by atoms with Gasteiger partial charge in [-0.2, -0.15) is 4.72 Å². The number of ether oxygens (including phenoxy) is 1. The normalized spacial score (nSPS) is 17.3. The van der Waals surface area contributed by atoms with Gasteiger partial charge in [-0.05, 0) is 74.7 Å². The summed E-state index contributed by atoms with van der Waals surface area (Å²) >= 11 is 0. The largest absolute Gasteiger partial charge is 0.494 e. The van der Waals surface area contributed by atoms with Crippen molar-refractivity contribution in [2.24, 2.45) is 5.92 Å². The van der Waals surface area contributed by atoms with Crippen molar-refractivity contribution in [3.8, 4) is 5.75 Å². The molecule has 0 bridgehead atoms. The molecule has 0 radical (unpaired) electrons. The molecule has 1 fully saturated rings. The van der Waals surface area contributed by atoms with Crippen molar-refractivity contribution in [3.63, 3.8) is 0 Å². The number of hydrogen-bond acceptors (Lipinski definition) is 7. The van der Waals surface area contributed by atoms with Crippen LogP contribution in [0.2, 0.25) is 0 Å². The molecule has 2 aromatic rings. The highest BCUT2D eigenvalue weighted by atomic mass is 32.2. The second kappa shape index (κ2) is 12.6. The van der Waals surface area contributed by atoms with E-state index in [1.54, 1.807) is 30.3 Å². The van der Waals surface area contributed by atoms with Gasteiger partial charge in [0.2, 0.25) is 10.0 Å². The van der Waals surface area contributed by atoms with Gasteiger partial charge >= 0.3 is 7.60 Å². The number of sulfonamides is 1. The van der Waals surface area contributed by atoms with Gasteiger partial charge in [0.05, 0.1) is 11.5 Å². The quantitative estimate of drug-likeness (QED) is 0.309. The predicted molar refractivity (Wildman–Crippen MR) is 132 cm³/mol. The van der Waals surface area contributed by atoms with Gasteiger partial charge in [0.1, 0.15) is 11.5 Å². The van der Waals surface area contributed by atoms with Crippen molar-refractivity contribution in [1.29, 1.82) is 0 Å². The molecule has 0 aromatic heterocycles. The van der Waals surface area contributed by atoms with Crippen LogP contribution in [0.5, 0.6) is 5.75 Å². The van der Waals surface area contributed by atoms with Crippen LogP contribution < -0.4 is 20.1 Å². The van der Waals surface area contributed by atoms with Gasteiger partial charge < -0.3 is 24.8 Å². The highest BCUT2D eigenvalue weighted by Crippen LogP contribution is 2.45. The molecule has 4 N–H and O–H groups in total. The van der Waals surface area contributed by atoms with E-state index >= 15 is 0 Å². The van der Waals surface area contributed by atoms with Crippen LogP contribution in [0.3, 0.4) is 0 Å². The van der Waals surface area contributed by atoms with Gasteiger partial charge in [0.15, 0.2) is 0 Å². The van der Waals surface area contributed by atoms with E-state index in [0.29, 0.717) is 23.8 Å². The van der Waals surface area contributed by atoms with E-state index in [2.05, 4.69) is 19.9 Å². The molecule has 2 atom stereocenters. The number of benzene rings is 2. The Morgan fingerprint density at radius 2 is 1.80 bits per heavy atom. The fourth-order valence-corrected chi connectivity index (χ4v) is 6.32. The van der Waals surface area contributed by atoms with Crippen molar-refractivity contribution < 1.29 is 31.9 Å². The highest BCUT2D eigenvalue weighted by molar-refractivity contribution is 7.89. The van der Waals surface area contributed by atoms with E-state index in [4.69, 9.17) is 4.74 Å². The molecule has 0 saturated carbocycles. The molecule has 1 aliphatic rings. The number of rotatable bonds is 12. The van der Waals surface area contributed by atoms with Crippen molar-refractivity contribution in [1.82, 2.24) is 15.4 Å². The Hall–Kier alpha value is -2.27. The van der Waals surface area contributed by atoms with Gasteiger partial charge in [0.25, 0.3) is 5.91 Å². The smallest absolute Gasteiger partial charge is 0.347 e. The van der Waals surface area contributed by atoms with E-state index in [9.17, 15) is 22.7 Å². The van der Waals surface area contributed by atoms with Gasteiger partial charge in [-0.15, -0.1) is 0 Å². The number of piperidine rings is 1. The molecule has 1 unspecified atom stereocenters. The number of carbonyl (C=O) groups is 1. The Labute approximate surface area is 206 Å². The van der Waals surface area contributed by atoms with E-state index in [0.717, 1.165) is 39.5 Å². The Morgan fingerprint density at radius 1 is 1.14 bits per heavy atom. The molecule has 1 saturated heterocycles. The molecular weight excluding hydrogens is 493 g/mol. The summed E-state index contributed by atoms with van der Waals surface area (Å²) in [6.45, 7) is 2.22. The van der Waals surface area contributed by atoms with Crippen LogP contribution >= 0.6 is 7.60 Å². The maximum atomic E-state index is 12.6. The molecule has 0 aliphatic carbocycles. The summed E-state index contributed by atoms with van der Waals surface area (Å²) in [6, 6.07) is 13.9. The summed E-state index contributed by atoms with van der Waals surface area (Å²) in [5.74, 6) is -0.822. The fourth-order valence-electron chi connectivity index (χ4n) is 3.71. The summed E-state index contributed by atoms with van der Waals surface area (Å²) in [7, 11) is -7.53. The minimum Gasteiger partial charge on any atom is -0.494 e. The van der Waals surface area contributed by atoms with Crippen LogP contribution in [0, 0.1) is 5.92 Å². The number of carbonyl (C=O) groups excluding carboxylic acids is 1. The molecule has 12 heteroatoms. The van der Waals surface area contributed by atoms with Crippen molar-refractivity contribution in [2.75, 3.05) is 33.4 Å². The highest BCUT2D eigenvalue weighted by Gasteiger charge is 2.35. The predicted octanol–water partition coefficient (Wildman–Crippen LogP) is 2.32. The topological polar surface area (TPSA) is 143 Å². The third kappa shape index (κ3) is 8.13. The van der Waals surface area contributed by atoms with Crippen LogP contribution in [-0.2, 0) is 19.1 Å². The minimum atomic E-state index is -4.41. The maximum absolute atomic E-state index is 12.6. The van der Waals surface area contributed by atoms with Crippen molar-refractivity contribution in [2.45, 2.75) is 29.9 Å². The average Bonchev–Trinajstić information content (AvgIpc) is 2.88. The standard InChI is InChI=1S/C23H32N3O7PS/c1-32-34(28,29)22(26-35(30,31)21-5-3-2-4-6-21)17-25-23(27)19-7-9-20(10-8-19)33-16-13-18-11-14-24-15-12-18/h2-10,18,22,24,26H,11-17H2,1H3,(H,25,27)(H,28,29)/t22-/m0/s1. The van der Waals surface area contributed by atoms with E-state index in [-0.39, 0.29) is 4.90 Å². The summed E-state index contributed by atoms with van der Waals surface area (Å²) in [5.41, 5.74) is 0.297. The minimum absolute atomic E-state index is 0.0804. The molecular formula is C23H32N3O7PS. The first-order valence-corrected chi connectivity index (χ1v) is 14.5. The average molecular weight is 526 g/mol. The SMILES string of the molecule is COP(=O)(O)[C@@H](CNC(=O)c1ccc(OCCC2CCNCC2)cc1)NS(=O)(=O)c1ccccc1. The molecule has 3 rings (SSSR count). The van der Waals surface area contributed by atoms with Gasteiger partial charge in [-0.3, -0.25) is 9.36 Å². The van der Waals surface area contributed by atoms with Gasteiger partial charge in [-0.25, -0.2) is 8.42 Å². The van der Waals surface area contributed by atoms with Crippen LogP contribution in [0.1, 0.15) is 29.6 Å². The lowest BCUT2D eigenvalue weighted by Gasteiger charge is -2.23. The molecule has 0 spiro atoms. The number of hydrogen-bond donors (Lipinski definition) is 4. The molecule has 2 aromatic carbocycles. The van der Waals surface area contributed by atoms with Crippen LogP contribution in [0.25, 0.3) is 0 Å². The number of nitrogens with one attached hydrogen (secondary N) is 3. The lowest BCUT2D eigenvalue weighted by atomic mass is 9.95. The summed E-state index contributed by atoms with van der Waals surface area (Å²) in [6.07, 6.45) is 3.27. The van der Waals surface area contributed by atoms with E-state index in [1.807, 2.05) is 0 Å². The molecule has 1 heterocycles. The summed E-state index contributed by atoms with van der Waals surface area (Å²) in [4.78, 5) is 22.6. The van der Waals surface area contributed by atoms with Gasteiger partial charge in [0, 0.05) is 19.2 Å². The van der Waals surface area contributed by atoms with E-state index < -0.39 is 35.9 Å². The van der Waals surface area contributed by atoms with Crippen molar-refractivity contribution in [3.05, 3.63) is 60.2 Å². The summed E-state index contributed by atoms with van der Waals surface area (Å²) in [5, 5.41) is 5.83. The second-order valence-corrected chi connectivity index (χ2v) is 12.1. The maximum Gasteiger partial charge on any atom is 0.347 e. The summed E-state index contributed by atoms with van der Waals surface area (Å²) < 4.78 is 50.2. The Bertz CT molecular complexity index is 1110. The van der Waals surface area contributed by atoms with Crippen LogP contribution in [0.4, 0.5) is 0 Å². The first-order chi connectivity index (χ1) is 16.7. The molecule has 1 aliphatic heterocycles. The zero-order valence-electron chi connectivity index (χ0n) is 19.6. The van der Waals surface area contributed by atoms with Crippen molar-refractivity contribution >= 4 is 23.5 Å². The third-order valence-electron chi connectivity index (χ3n) is 5.83. The fraction of sp³-hybridized carbons (Fsp3) is 0.435. The molecule has 35 heavy (non-hydrogen) atoms. The van der Waals surface area contributed by atoms with Gasteiger partial charge in [-0.1, -0.05) is 18.2 Å². The zero-order chi connectivity index (χ0) is 25.3. The molecule has 10 nitrogen and oxygen atoms in total. The van der Waals surface area contributed by atoms with Crippen LogP contribution in [-0.4, -0.2) is 58.4 Å². The zero-order valence-corrected chi connectivity index (χ0v) is 21.3. The second-order valence-electron chi connectivity index (χ2n) is 8.26. The molecule has 1 amide bonds. The number of amides is 1. The van der Waals surface area contributed by atoms with E-state index in [1.165, 1.54) is 24.3 Å². The lowest BCUT2D eigenvalue weighted by Crippen LogP contribution is -2.43. The monoisotopic (exact) mass is 525 g/mol.